The summed E-state index contributed by atoms with van der Waals surface area (Å²) < 4.78 is 0. The molecule has 1 aliphatic heterocycles. The molecule has 4 N–H and O–H groups in total. The van der Waals surface area contributed by atoms with Crippen LogP contribution in [0.2, 0.25) is 0 Å². The van der Waals surface area contributed by atoms with Crippen molar-refractivity contribution in [1.29, 1.82) is 0 Å². The van der Waals surface area contributed by atoms with Crippen molar-refractivity contribution < 1.29 is 24.9 Å². The SMILES string of the molecule is CN(C)CC1CC(O)CN1C(=O)NCC(C)(O)C(=O)O. The van der Waals surface area contributed by atoms with E-state index in [1.807, 2.05) is 19.0 Å². The molecule has 1 rings (SSSR count). The van der Waals surface area contributed by atoms with Gasteiger partial charge in [-0.05, 0) is 27.4 Å². The molecule has 3 atom stereocenters. The fourth-order valence-electron chi connectivity index (χ4n) is 2.16. The van der Waals surface area contributed by atoms with Gasteiger partial charge in [0, 0.05) is 19.1 Å². The number of carboxylic acids is 1. The first-order valence-corrected chi connectivity index (χ1v) is 6.46. The lowest BCUT2D eigenvalue weighted by atomic mass is 10.1. The largest absolute Gasteiger partial charge is 0.479 e. The molecule has 1 aliphatic rings. The second kappa shape index (κ2) is 6.38. The average molecular weight is 289 g/mol. The molecule has 1 fully saturated rings. The molecule has 8 nitrogen and oxygen atoms in total. The molecule has 0 aliphatic carbocycles. The van der Waals surface area contributed by atoms with Crippen LogP contribution in [0.4, 0.5) is 4.79 Å². The van der Waals surface area contributed by atoms with Crippen molar-refractivity contribution in [3.8, 4) is 0 Å². The lowest BCUT2D eigenvalue weighted by molar-refractivity contribution is -0.155. The van der Waals surface area contributed by atoms with Crippen molar-refractivity contribution in [3.63, 3.8) is 0 Å². The van der Waals surface area contributed by atoms with Gasteiger partial charge in [-0.1, -0.05) is 0 Å². The molecule has 20 heavy (non-hydrogen) atoms. The molecule has 3 unspecified atom stereocenters. The van der Waals surface area contributed by atoms with Gasteiger partial charge in [-0.15, -0.1) is 0 Å². The maximum Gasteiger partial charge on any atom is 0.337 e. The van der Waals surface area contributed by atoms with E-state index in [0.717, 1.165) is 6.92 Å². The minimum atomic E-state index is -2.01. The topological polar surface area (TPSA) is 113 Å². The minimum Gasteiger partial charge on any atom is -0.479 e. The van der Waals surface area contributed by atoms with Crippen LogP contribution in [0, 0.1) is 0 Å². The molecule has 116 valence electrons. The quantitative estimate of drug-likeness (QED) is 0.491. The van der Waals surface area contributed by atoms with Crippen LogP contribution in [0.25, 0.3) is 0 Å². The predicted molar refractivity (Wildman–Crippen MR) is 71.3 cm³/mol. The maximum absolute atomic E-state index is 12.0. The zero-order valence-electron chi connectivity index (χ0n) is 12.0. The summed E-state index contributed by atoms with van der Waals surface area (Å²) >= 11 is 0. The van der Waals surface area contributed by atoms with E-state index < -0.39 is 23.7 Å². The van der Waals surface area contributed by atoms with Gasteiger partial charge in [-0.2, -0.15) is 0 Å². The summed E-state index contributed by atoms with van der Waals surface area (Å²) in [7, 11) is 3.74. The third kappa shape index (κ3) is 4.32. The van der Waals surface area contributed by atoms with Crippen molar-refractivity contribution in [2.45, 2.75) is 31.1 Å². The number of aliphatic hydroxyl groups excluding tert-OH is 1. The van der Waals surface area contributed by atoms with E-state index >= 15 is 0 Å². The molecular formula is C12H23N3O5. The Bertz CT molecular complexity index is 372. The zero-order valence-corrected chi connectivity index (χ0v) is 12.0. The van der Waals surface area contributed by atoms with Crippen molar-refractivity contribution in [2.75, 3.05) is 33.7 Å². The Hall–Kier alpha value is -1.38. The number of β-amino-alcohol motifs (C(OH)–C–C–N with tert-alkyl or cyclic N) is 1. The summed E-state index contributed by atoms with van der Waals surface area (Å²) in [5.74, 6) is -1.40. The Morgan fingerprint density at radius 3 is 2.55 bits per heavy atom. The Morgan fingerprint density at radius 2 is 2.05 bits per heavy atom. The summed E-state index contributed by atoms with van der Waals surface area (Å²) in [5.41, 5.74) is -2.01. The number of carbonyl (C=O) groups excluding carboxylic acids is 1. The Kier molecular flexibility index (Phi) is 5.32. The standard InChI is InChI=1S/C12H23N3O5/c1-12(20,10(17)18)7-13-11(19)15-6-9(16)4-8(15)5-14(2)3/h8-9,16,20H,4-7H2,1-3H3,(H,13,19)(H,17,18). The number of likely N-dealkylation sites (tertiary alicyclic amines) is 1. The van der Waals surface area contributed by atoms with Crippen LogP contribution in [0.5, 0.6) is 0 Å². The molecule has 0 aromatic carbocycles. The molecule has 0 aromatic heterocycles. The Labute approximate surface area is 118 Å². The number of hydrogen-bond donors (Lipinski definition) is 4. The van der Waals surface area contributed by atoms with Crippen molar-refractivity contribution in [2.24, 2.45) is 0 Å². The highest BCUT2D eigenvalue weighted by Crippen LogP contribution is 2.18. The summed E-state index contributed by atoms with van der Waals surface area (Å²) in [5, 5.41) is 30.4. The second-order valence-electron chi connectivity index (χ2n) is 5.70. The van der Waals surface area contributed by atoms with E-state index in [1.165, 1.54) is 4.90 Å². The van der Waals surface area contributed by atoms with E-state index in [4.69, 9.17) is 5.11 Å². The first-order valence-electron chi connectivity index (χ1n) is 6.46. The molecule has 0 aromatic rings. The van der Waals surface area contributed by atoms with Gasteiger partial charge in [0.2, 0.25) is 0 Å². The van der Waals surface area contributed by atoms with Gasteiger partial charge in [0.25, 0.3) is 0 Å². The third-order valence-electron chi connectivity index (χ3n) is 3.27. The number of carboxylic acid groups (broad SMARTS) is 1. The van der Waals surface area contributed by atoms with Gasteiger partial charge in [-0.3, -0.25) is 0 Å². The van der Waals surface area contributed by atoms with E-state index in [0.29, 0.717) is 13.0 Å². The van der Waals surface area contributed by atoms with Crippen LogP contribution in [-0.2, 0) is 4.79 Å². The zero-order chi connectivity index (χ0) is 15.5. The smallest absolute Gasteiger partial charge is 0.337 e. The normalized spacial score (nSPS) is 25.6. The fraction of sp³-hybridized carbons (Fsp3) is 0.833. The summed E-state index contributed by atoms with van der Waals surface area (Å²) in [4.78, 5) is 26.2. The molecule has 0 radical (unpaired) electrons. The summed E-state index contributed by atoms with van der Waals surface area (Å²) in [6, 6.07) is -0.607. The molecule has 8 heteroatoms. The fourth-order valence-corrected chi connectivity index (χ4v) is 2.16. The van der Waals surface area contributed by atoms with Crippen LogP contribution in [0.1, 0.15) is 13.3 Å². The monoisotopic (exact) mass is 289 g/mol. The number of aliphatic hydroxyl groups is 2. The van der Waals surface area contributed by atoms with Gasteiger partial charge in [0.05, 0.1) is 12.6 Å². The van der Waals surface area contributed by atoms with E-state index in [2.05, 4.69) is 5.32 Å². The highest BCUT2D eigenvalue weighted by molar-refractivity contribution is 5.79. The first kappa shape index (κ1) is 16.7. The number of rotatable bonds is 5. The van der Waals surface area contributed by atoms with E-state index in [9.17, 15) is 19.8 Å². The Balaban J connectivity index is 2.59. The Morgan fingerprint density at radius 1 is 1.45 bits per heavy atom. The average Bonchev–Trinajstić information content (AvgIpc) is 2.66. The third-order valence-corrected chi connectivity index (χ3v) is 3.27. The van der Waals surface area contributed by atoms with Crippen molar-refractivity contribution >= 4 is 12.0 Å². The van der Waals surface area contributed by atoms with Crippen molar-refractivity contribution in [3.05, 3.63) is 0 Å². The van der Waals surface area contributed by atoms with Crippen LogP contribution in [0.15, 0.2) is 0 Å². The molecule has 2 amide bonds. The number of urea groups is 1. The molecule has 0 saturated carbocycles. The number of carbonyl (C=O) groups is 2. The molecule has 1 heterocycles. The highest BCUT2D eigenvalue weighted by Gasteiger charge is 2.36. The van der Waals surface area contributed by atoms with Gasteiger partial charge in [0.1, 0.15) is 0 Å². The molecular weight excluding hydrogens is 266 g/mol. The minimum absolute atomic E-state index is 0.130. The van der Waals surface area contributed by atoms with Crippen LogP contribution in [0.3, 0.4) is 0 Å². The number of amides is 2. The number of likely N-dealkylation sites (N-methyl/N-ethyl adjacent to an activating group) is 1. The first-order chi connectivity index (χ1) is 9.13. The van der Waals surface area contributed by atoms with Gasteiger partial charge < -0.3 is 30.4 Å². The number of nitrogens with one attached hydrogen (secondary N) is 1. The van der Waals surface area contributed by atoms with Crippen LogP contribution < -0.4 is 5.32 Å². The van der Waals surface area contributed by atoms with E-state index in [-0.39, 0.29) is 19.1 Å². The second-order valence-corrected chi connectivity index (χ2v) is 5.70. The summed E-state index contributed by atoms with van der Waals surface area (Å²) in [6.07, 6.45) is -0.0910. The van der Waals surface area contributed by atoms with Crippen LogP contribution >= 0.6 is 0 Å². The lowest BCUT2D eigenvalue weighted by Gasteiger charge is -2.28. The van der Waals surface area contributed by atoms with Gasteiger partial charge in [0.15, 0.2) is 5.60 Å². The summed E-state index contributed by atoms with van der Waals surface area (Å²) in [6.45, 7) is 1.55. The van der Waals surface area contributed by atoms with Gasteiger partial charge in [-0.25, -0.2) is 9.59 Å². The van der Waals surface area contributed by atoms with E-state index in [1.54, 1.807) is 0 Å². The van der Waals surface area contributed by atoms with Gasteiger partial charge >= 0.3 is 12.0 Å². The number of aliphatic carboxylic acids is 1. The van der Waals surface area contributed by atoms with Crippen molar-refractivity contribution in [1.82, 2.24) is 15.1 Å². The molecule has 1 saturated heterocycles. The predicted octanol–water partition coefficient (Wildman–Crippen LogP) is -1.47. The number of hydrogen-bond acceptors (Lipinski definition) is 5. The number of nitrogens with zero attached hydrogens (tertiary/aromatic N) is 2. The highest BCUT2D eigenvalue weighted by atomic mass is 16.4. The lowest BCUT2D eigenvalue weighted by Crippen LogP contribution is -2.52. The maximum atomic E-state index is 12.0. The van der Waals surface area contributed by atoms with Crippen LogP contribution in [-0.4, -0.2) is 88.6 Å². The molecule has 0 bridgehead atoms. The molecule has 0 spiro atoms.